The molecule has 0 aliphatic carbocycles. The highest BCUT2D eigenvalue weighted by Crippen LogP contribution is 2.41. The van der Waals surface area contributed by atoms with Crippen molar-refractivity contribution in [3.8, 4) is 0 Å². The Bertz CT molecular complexity index is 498. The molecule has 0 aliphatic heterocycles. The predicted molar refractivity (Wildman–Crippen MR) is 69.4 cm³/mol. The topological polar surface area (TPSA) is 63.6 Å². The van der Waals surface area contributed by atoms with Gasteiger partial charge in [-0.2, -0.15) is 0 Å². The Labute approximate surface area is 122 Å². The van der Waals surface area contributed by atoms with E-state index >= 15 is 0 Å². The Balaban J connectivity index is 3.58. The number of hydrogen-bond acceptors (Lipinski definition) is 3. The first-order chi connectivity index (χ1) is 8.32. The fraction of sp³-hybridized carbons (Fsp3) is 0.200. The molecule has 0 saturated heterocycles. The molecular weight excluding hydrogens is 326 g/mol. The molecular formula is C10H6Cl4O4. The molecule has 0 heterocycles. The molecule has 1 rings (SSSR count). The van der Waals surface area contributed by atoms with Crippen LogP contribution in [-0.4, -0.2) is 23.7 Å². The van der Waals surface area contributed by atoms with E-state index in [9.17, 15) is 9.59 Å². The van der Waals surface area contributed by atoms with Gasteiger partial charge in [0.2, 0.25) is 0 Å². The summed E-state index contributed by atoms with van der Waals surface area (Å²) in [5.41, 5.74) is -0.707. The Morgan fingerprint density at radius 1 is 1.00 bits per heavy atom. The van der Waals surface area contributed by atoms with Crippen LogP contribution in [0.15, 0.2) is 0 Å². The predicted octanol–water partition coefficient (Wildman–Crippen LogP) is 4.18. The molecule has 0 aliphatic rings. The van der Waals surface area contributed by atoms with Gasteiger partial charge in [0.15, 0.2) is 0 Å². The molecule has 18 heavy (non-hydrogen) atoms. The Hall–Kier alpha value is -0.680. The summed E-state index contributed by atoms with van der Waals surface area (Å²) in [6.07, 6.45) is 0. The third-order valence-corrected chi connectivity index (χ3v) is 3.66. The van der Waals surface area contributed by atoms with E-state index in [-0.39, 0.29) is 32.3 Å². The van der Waals surface area contributed by atoms with Crippen LogP contribution in [-0.2, 0) is 4.74 Å². The van der Waals surface area contributed by atoms with Crippen molar-refractivity contribution < 1.29 is 19.4 Å². The number of halogens is 4. The average Bonchev–Trinajstić information content (AvgIpc) is 2.27. The summed E-state index contributed by atoms with van der Waals surface area (Å²) in [4.78, 5) is 22.6. The monoisotopic (exact) mass is 330 g/mol. The third-order valence-electron chi connectivity index (χ3n) is 1.96. The van der Waals surface area contributed by atoms with Crippen LogP contribution in [0.2, 0.25) is 20.1 Å². The van der Waals surface area contributed by atoms with Crippen molar-refractivity contribution in [2.24, 2.45) is 0 Å². The highest BCUT2D eigenvalue weighted by Gasteiger charge is 2.28. The lowest BCUT2D eigenvalue weighted by atomic mass is 10.1. The summed E-state index contributed by atoms with van der Waals surface area (Å²) in [5.74, 6) is -2.22. The molecule has 0 saturated carbocycles. The number of carbonyl (C=O) groups is 2. The quantitative estimate of drug-likeness (QED) is 0.666. The number of hydrogen-bond donors (Lipinski definition) is 1. The lowest BCUT2D eigenvalue weighted by Gasteiger charge is -2.12. The standard InChI is InChI=1S/C10H6Cl4O4/c1-2-18-10(17)4-7(13)5(11)3(9(15)16)6(12)8(4)14/h2H2,1H3,(H,15,16). The van der Waals surface area contributed by atoms with Crippen molar-refractivity contribution in [3.63, 3.8) is 0 Å². The van der Waals surface area contributed by atoms with Gasteiger partial charge in [-0.05, 0) is 6.92 Å². The van der Waals surface area contributed by atoms with Crippen molar-refractivity contribution in [2.45, 2.75) is 6.92 Å². The summed E-state index contributed by atoms with van der Waals surface area (Å²) in [7, 11) is 0. The molecule has 8 heteroatoms. The highest BCUT2D eigenvalue weighted by molar-refractivity contribution is 6.52. The van der Waals surface area contributed by atoms with E-state index in [1.165, 1.54) is 0 Å². The van der Waals surface area contributed by atoms with Crippen LogP contribution in [0.1, 0.15) is 27.6 Å². The second kappa shape index (κ2) is 5.97. The van der Waals surface area contributed by atoms with Crippen molar-refractivity contribution in [1.82, 2.24) is 0 Å². The maximum absolute atomic E-state index is 11.6. The summed E-state index contributed by atoms with van der Waals surface area (Å²) >= 11 is 23.1. The van der Waals surface area contributed by atoms with E-state index in [2.05, 4.69) is 0 Å². The summed E-state index contributed by atoms with van der Waals surface area (Å²) in [6.45, 7) is 1.69. The number of rotatable bonds is 3. The van der Waals surface area contributed by atoms with Gasteiger partial charge >= 0.3 is 11.9 Å². The van der Waals surface area contributed by atoms with E-state index in [0.29, 0.717) is 0 Å². The van der Waals surface area contributed by atoms with Gasteiger partial charge in [-0.3, -0.25) is 0 Å². The first-order valence-electron chi connectivity index (χ1n) is 4.59. The molecule has 0 unspecified atom stereocenters. The van der Waals surface area contributed by atoms with E-state index in [1.54, 1.807) is 6.92 Å². The zero-order chi connectivity index (χ0) is 14.0. The number of benzene rings is 1. The van der Waals surface area contributed by atoms with Crippen LogP contribution in [0.25, 0.3) is 0 Å². The van der Waals surface area contributed by atoms with Crippen molar-refractivity contribution in [3.05, 3.63) is 31.2 Å². The molecule has 1 N–H and O–H groups in total. The summed E-state index contributed by atoms with van der Waals surface area (Å²) < 4.78 is 4.73. The molecule has 1 aromatic carbocycles. The molecule has 0 fully saturated rings. The number of carboxylic acids is 1. The maximum atomic E-state index is 11.6. The zero-order valence-electron chi connectivity index (χ0n) is 8.89. The van der Waals surface area contributed by atoms with Crippen LogP contribution in [0.3, 0.4) is 0 Å². The van der Waals surface area contributed by atoms with Gasteiger partial charge in [0.05, 0.1) is 37.8 Å². The molecule has 0 aromatic heterocycles. The number of carboxylic acid groups (broad SMARTS) is 1. The number of esters is 1. The minimum Gasteiger partial charge on any atom is -0.478 e. The summed E-state index contributed by atoms with van der Waals surface area (Å²) in [5, 5.41) is 7.60. The van der Waals surface area contributed by atoms with Gasteiger partial charge in [-0.15, -0.1) is 0 Å². The van der Waals surface area contributed by atoms with Crippen LogP contribution >= 0.6 is 46.4 Å². The molecule has 0 bridgehead atoms. The minimum atomic E-state index is -1.40. The Morgan fingerprint density at radius 2 is 1.39 bits per heavy atom. The normalized spacial score (nSPS) is 10.3. The number of ether oxygens (including phenoxy) is 1. The SMILES string of the molecule is CCOC(=O)c1c(Cl)c(Cl)c(C(=O)O)c(Cl)c1Cl. The van der Waals surface area contributed by atoms with Crippen LogP contribution in [0.4, 0.5) is 0 Å². The zero-order valence-corrected chi connectivity index (χ0v) is 11.9. The Kier molecular flexibility index (Phi) is 5.10. The second-order valence-electron chi connectivity index (χ2n) is 3.03. The minimum absolute atomic E-state index is 0.0986. The maximum Gasteiger partial charge on any atom is 0.341 e. The molecule has 0 atom stereocenters. The van der Waals surface area contributed by atoms with Crippen molar-refractivity contribution in [1.29, 1.82) is 0 Å². The van der Waals surface area contributed by atoms with E-state index in [4.69, 9.17) is 56.2 Å². The molecule has 0 radical (unpaired) electrons. The lowest BCUT2D eigenvalue weighted by molar-refractivity contribution is 0.0525. The number of aromatic carboxylic acids is 1. The molecule has 1 aromatic rings. The van der Waals surface area contributed by atoms with Gasteiger partial charge in [0.25, 0.3) is 0 Å². The van der Waals surface area contributed by atoms with Crippen molar-refractivity contribution in [2.75, 3.05) is 6.61 Å². The van der Waals surface area contributed by atoms with Crippen LogP contribution in [0, 0.1) is 0 Å². The van der Waals surface area contributed by atoms with E-state index in [1.807, 2.05) is 0 Å². The average molecular weight is 332 g/mol. The molecule has 98 valence electrons. The largest absolute Gasteiger partial charge is 0.478 e. The summed E-state index contributed by atoms with van der Waals surface area (Å²) in [6, 6.07) is 0. The Morgan fingerprint density at radius 3 is 1.72 bits per heavy atom. The third kappa shape index (κ3) is 2.67. The first-order valence-corrected chi connectivity index (χ1v) is 6.10. The fourth-order valence-electron chi connectivity index (χ4n) is 1.20. The number of carbonyl (C=O) groups excluding carboxylic acids is 1. The van der Waals surface area contributed by atoms with Gasteiger partial charge in [-0.25, -0.2) is 9.59 Å². The molecule has 0 amide bonds. The van der Waals surface area contributed by atoms with E-state index in [0.717, 1.165) is 0 Å². The van der Waals surface area contributed by atoms with Crippen molar-refractivity contribution >= 4 is 58.3 Å². The molecule has 4 nitrogen and oxygen atoms in total. The van der Waals surface area contributed by atoms with Crippen LogP contribution in [0.5, 0.6) is 0 Å². The van der Waals surface area contributed by atoms with E-state index < -0.39 is 17.5 Å². The van der Waals surface area contributed by atoms with Gasteiger partial charge in [0, 0.05) is 0 Å². The fourth-order valence-corrected chi connectivity index (χ4v) is 2.37. The smallest absolute Gasteiger partial charge is 0.341 e. The van der Waals surface area contributed by atoms with Crippen LogP contribution < -0.4 is 0 Å². The van der Waals surface area contributed by atoms with Gasteiger partial charge < -0.3 is 9.84 Å². The molecule has 0 spiro atoms. The van der Waals surface area contributed by atoms with Gasteiger partial charge in [-0.1, -0.05) is 46.4 Å². The second-order valence-corrected chi connectivity index (χ2v) is 4.54. The first kappa shape index (κ1) is 15.4. The van der Waals surface area contributed by atoms with Gasteiger partial charge in [0.1, 0.15) is 0 Å². The highest BCUT2D eigenvalue weighted by atomic mass is 35.5. The lowest BCUT2D eigenvalue weighted by Crippen LogP contribution is -2.10.